The summed E-state index contributed by atoms with van der Waals surface area (Å²) in [5.41, 5.74) is 8.09. The number of carbonyl (C=O) groups is 1. The highest BCUT2D eigenvalue weighted by Crippen LogP contribution is 2.27. The van der Waals surface area contributed by atoms with Gasteiger partial charge >= 0.3 is 0 Å². The summed E-state index contributed by atoms with van der Waals surface area (Å²) in [6.45, 7) is 5.26. The van der Waals surface area contributed by atoms with Gasteiger partial charge in [0.2, 0.25) is 0 Å². The van der Waals surface area contributed by atoms with Crippen LogP contribution in [0.4, 0.5) is 5.69 Å². The predicted octanol–water partition coefficient (Wildman–Crippen LogP) is 5.84. The predicted molar refractivity (Wildman–Crippen MR) is 146 cm³/mol. The molecule has 1 amide bonds. The van der Waals surface area contributed by atoms with Crippen LogP contribution in [0.5, 0.6) is 0 Å². The number of hydrogen-bond acceptors (Lipinski definition) is 5. The number of likely N-dealkylation sites (tertiary alicyclic amines) is 1. The molecule has 2 aromatic carbocycles. The van der Waals surface area contributed by atoms with E-state index < -0.39 is 0 Å². The van der Waals surface area contributed by atoms with Crippen molar-refractivity contribution < 1.29 is 4.79 Å². The Morgan fingerprint density at radius 1 is 0.946 bits per heavy atom. The third-order valence-electron chi connectivity index (χ3n) is 6.85. The second-order valence-electron chi connectivity index (χ2n) is 9.65. The van der Waals surface area contributed by atoms with Gasteiger partial charge in [0.25, 0.3) is 5.91 Å². The molecule has 184 valence electrons. The van der Waals surface area contributed by atoms with E-state index in [1.165, 1.54) is 24.0 Å². The average molecular weight is 489 g/mol. The zero-order valence-corrected chi connectivity index (χ0v) is 20.7. The Morgan fingerprint density at radius 3 is 2.65 bits per heavy atom. The Morgan fingerprint density at radius 2 is 1.84 bits per heavy atom. The minimum atomic E-state index is -0.283. The van der Waals surface area contributed by atoms with Crippen molar-refractivity contribution in [2.24, 2.45) is 0 Å². The minimum absolute atomic E-state index is 0.283. The number of H-pyrrole nitrogens is 1. The fourth-order valence-corrected chi connectivity index (χ4v) is 4.93. The minimum Gasteiger partial charge on any atom is -0.319 e. The third kappa shape index (κ3) is 4.99. The summed E-state index contributed by atoms with van der Waals surface area (Å²) in [4.78, 5) is 24.6. The smallest absolute Gasteiger partial charge is 0.276 e. The van der Waals surface area contributed by atoms with Gasteiger partial charge in [-0.25, -0.2) is 0 Å². The molecular formula is C30H28N6O. The molecule has 0 radical (unpaired) electrons. The fraction of sp³-hybridized carbons (Fsp3) is 0.200. The Balaban J connectivity index is 1.22. The highest BCUT2D eigenvalue weighted by molar-refractivity contribution is 6.11. The maximum atomic E-state index is 13.1. The number of rotatable bonds is 6. The number of aromatic nitrogens is 4. The van der Waals surface area contributed by atoms with E-state index in [2.05, 4.69) is 55.5 Å². The number of nitrogens with one attached hydrogen (secondary N) is 2. The molecule has 1 fully saturated rings. The number of nitrogens with zero attached hydrogens (tertiary/aromatic N) is 4. The first kappa shape index (κ1) is 23.1. The zero-order chi connectivity index (χ0) is 25.2. The summed E-state index contributed by atoms with van der Waals surface area (Å²) in [5, 5.41) is 11.0. The van der Waals surface area contributed by atoms with Gasteiger partial charge in [-0.1, -0.05) is 29.8 Å². The topological polar surface area (TPSA) is 86.8 Å². The van der Waals surface area contributed by atoms with Gasteiger partial charge in [-0.3, -0.25) is 24.8 Å². The summed E-state index contributed by atoms with van der Waals surface area (Å²) < 4.78 is 0. The highest BCUT2D eigenvalue weighted by Gasteiger charge is 2.17. The molecule has 2 N–H and O–H groups in total. The molecule has 6 rings (SSSR count). The lowest BCUT2D eigenvalue weighted by Crippen LogP contribution is -2.18. The number of aryl methyl sites for hydroxylation is 1. The number of carbonyl (C=O) groups excluding carboxylic acids is 1. The van der Waals surface area contributed by atoms with Crippen LogP contribution in [0.25, 0.3) is 33.3 Å². The monoisotopic (exact) mass is 488 g/mol. The first-order valence-electron chi connectivity index (χ1n) is 12.6. The second kappa shape index (κ2) is 9.95. The van der Waals surface area contributed by atoms with E-state index in [-0.39, 0.29) is 5.91 Å². The Kier molecular flexibility index (Phi) is 6.20. The van der Waals surface area contributed by atoms with Crippen LogP contribution in [0.2, 0.25) is 0 Å². The molecule has 1 aliphatic heterocycles. The van der Waals surface area contributed by atoms with E-state index >= 15 is 0 Å². The van der Waals surface area contributed by atoms with E-state index in [4.69, 9.17) is 0 Å². The van der Waals surface area contributed by atoms with Crippen LogP contribution in [0, 0.1) is 6.92 Å². The van der Waals surface area contributed by atoms with Gasteiger partial charge in [0.1, 0.15) is 0 Å². The van der Waals surface area contributed by atoms with Crippen LogP contribution in [-0.4, -0.2) is 44.1 Å². The molecule has 4 heterocycles. The third-order valence-corrected chi connectivity index (χ3v) is 6.85. The van der Waals surface area contributed by atoms with Crippen LogP contribution < -0.4 is 5.32 Å². The van der Waals surface area contributed by atoms with E-state index in [0.29, 0.717) is 11.4 Å². The SMILES string of the molecule is Cc1cccc(-c2ccc(NC(=O)c3n[nH]c4ccc(-c5cncc(CN6CCCC6)c5)cc34)cn2)c1. The summed E-state index contributed by atoms with van der Waals surface area (Å²) in [6, 6.07) is 20.1. The quantitative estimate of drug-likeness (QED) is 0.313. The first-order valence-corrected chi connectivity index (χ1v) is 12.6. The molecule has 0 bridgehead atoms. The van der Waals surface area contributed by atoms with Gasteiger partial charge < -0.3 is 5.32 Å². The van der Waals surface area contributed by atoms with Gasteiger partial charge in [-0.05, 0) is 80.4 Å². The normalized spacial score (nSPS) is 13.8. The molecule has 7 heteroatoms. The molecule has 5 aromatic rings. The van der Waals surface area contributed by atoms with Crippen molar-refractivity contribution in [3.8, 4) is 22.4 Å². The van der Waals surface area contributed by atoms with Gasteiger partial charge in [-0.2, -0.15) is 5.10 Å². The van der Waals surface area contributed by atoms with Gasteiger partial charge in [-0.15, -0.1) is 0 Å². The van der Waals surface area contributed by atoms with Crippen LogP contribution in [0.3, 0.4) is 0 Å². The lowest BCUT2D eigenvalue weighted by atomic mass is 10.0. The summed E-state index contributed by atoms with van der Waals surface area (Å²) in [7, 11) is 0. The molecule has 0 aliphatic carbocycles. The lowest BCUT2D eigenvalue weighted by molar-refractivity contribution is 0.102. The highest BCUT2D eigenvalue weighted by atomic mass is 16.1. The molecule has 7 nitrogen and oxygen atoms in total. The van der Waals surface area contributed by atoms with Crippen LogP contribution in [-0.2, 0) is 6.54 Å². The molecule has 0 saturated carbocycles. The number of pyridine rings is 2. The average Bonchev–Trinajstić information content (AvgIpc) is 3.59. The van der Waals surface area contributed by atoms with E-state index in [1.807, 2.05) is 54.9 Å². The van der Waals surface area contributed by atoms with Crippen LogP contribution >= 0.6 is 0 Å². The van der Waals surface area contributed by atoms with E-state index in [9.17, 15) is 4.79 Å². The van der Waals surface area contributed by atoms with Crippen molar-refractivity contribution in [3.63, 3.8) is 0 Å². The molecule has 3 aromatic heterocycles. The Labute approximate surface area is 215 Å². The van der Waals surface area contributed by atoms with Crippen molar-refractivity contribution in [1.82, 2.24) is 25.1 Å². The van der Waals surface area contributed by atoms with Gasteiger partial charge in [0, 0.05) is 35.5 Å². The summed E-state index contributed by atoms with van der Waals surface area (Å²) >= 11 is 0. The molecule has 1 saturated heterocycles. The number of fused-ring (bicyclic) bond motifs is 1. The first-order chi connectivity index (χ1) is 18.1. The number of anilines is 1. The molecule has 0 atom stereocenters. The van der Waals surface area contributed by atoms with E-state index in [0.717, 1.165) is 52.9 Å². The van der Waals surface area contributed by atoms with Crippen molar-refractivity contribution >= 4 is 22.5 Å². The zero-order valence-electron chi connectivity index (χ0n) is 20.7. The van der Waals surface area contributed by atoms with Crippen molar-refractivity contribution in [1.29, 1.82) is 0 Å². The number of benzene rings is 2. The number of amides is 1. The Bertz CT molecular complexity index is 1570. The molecule has 1 aliphatic rings. The van der Waals surface area contributed by atoms with Gasteiger partial charge in [0.15, 0.2) is 5.69 Å². The van der Waals surface area contributed by atoms with Crippen molar-refractivity contribution in [2.45, 2.75) is 26.3 Å². The largest absolute Gasteiger partial charge is 0.319 e. The van der Waals surface area contributed by atoms with Crippen molar-refractivity contribution in [3.05, 3.63) is 96.1 Å². The van der Waals surface area contributed by atoms with Crippen molar-refractivity contribution in [2.75, 3.05) is 18.4 Å². The maximum absolute atomic E-state index is 13.1. The molecule has 0 spiro atoms. The molecule has 37 heavy (non-hydrogen) atoms. The molecule has 0 unspecified atom stereocenters. The molecular weight excluding hydrogens is 460 g/mol. The second-order valence-corrected chi connectivity index (χ2v) is 9.65. The number of aromatic amines is 1. The van der Waals surface area contributed by atoms with Crippen LogP contribution in [0.1, 0.15) is 34.5 Å². The standard InChI is InChI=1S/C30H28N6O/c1-20-5-4-6-23(13-20)27-10-8-25(18-32-27)33-30(37)29-26-15-22(7-9-28(26)34-35-29)24-14-21(16-31-17-24)19-36-11-2-3-12-36/h4-10,13-18H,2-3,11-12,19H2,1H3,(H,33,37)(H,34,35). The fourth-order valence-electron chi connectivity index (χ4n) is 4.93. The Hall–Kier alpha value is -4.36. The number of hydrogen-bond donors (Lipinski definition) is 2. The lowest BCUT2D eigenvalue weighted by Gasteiger charge is -2.14. The maximum Gasteiger partial charge on any atom is 0.276 e. The summed E-state index contributed by atoms with van der Waals surface area (Å²) in [6.07, 6.45) is 8.02. The van der Waals surface area contributed by atoms with Gasteiger partial charge in [0.05, 0.1) is 23.1 Å². The summed E-state index contributed by atoms with van der Waals surface area (Å²) in [5.74, 6) is -0.283. The van der Waals surface area contributed by atoms with E-state index in [1.54, 1.807) is 6.20 Å². The van der Waals surface area contributed by atoms with Crippen LogP contribution in [0.15, 0.2) is 79.3 Å².